The van der Waals surface area contributed by atoms with Crippen LogP contribution in [0.4, 0.5) is 0 Å². The number of amides is 1. The molecule has 0 radical (unpaired) electrons. The smallest absolute Gasteiger partial charge is 0.223 e. The summed E-state index contributed by atoms with van der Waals surface area (Å²) in [5, 5.41) is 13.5. The van der Waals surface area contributed by atoms with Crippen LogP contribution in [0.5, 0.6) is 0 Å². The van der Waals surface area contributed by atoms with Gasteiger partial charge in [-0.2, -0.15) is 0 Å². The third kappa shape index (κ3) is 6.34. The van der Waals surface area contributed by atoms with E-state index in [9.17, 15) is 9.90 Å². The van der Waals surface area contributed by atoms with Gasteiger partial charge in [-0.3, -0.25) is 9.69 Å². The number of hydrogen-bond acceptors (Lipinski definition) is 3. The average Bonchev–Trinajstić information content (AvgIpc) is 2.43. The molecule has 2 N–H and O–H groups in total. The maximum absolute atomic E-state index is 11.9. The van der Waals surface area contributed by atoms with Gasteiger partial charge < -0.3 is 10.4 Å². The van der Waals surface area contributed by atoms with Crippen LogP contribution in [-0.2, 0) is 4.79 Å². The average molecular weight is 327 g/mol. The van der Waals surface area contributed by atoms with E-state index in [-0.39, 0.29) is 12.3 Å². The maximum atomic E-state index is 11.9. The molecule has 0 spiro atoms. The highest BCUT2D eigenvalue weighted by Crippen LogP contribution is 2.18. The molecule has 1 aromatic rings. The highest BCUT2D eigenvalue weighted by Gasteiger charge is 2.15. The molecule has 1 aromatic carbocycles. The minimum absolute atomic E-state index is 0.0605. The Morgan fingerprint density at radius 2 is 1.73 bits per heavy atom. The lowest BCUT2D eigenvalue weighted by Crippen LogP contribution is -2.42. The monoisotopic (exact) mass is 326 g/mol. The number of aliphatic hydroxyl groups is 1. The maximum Gasteiger partial charge on any atom is 0.223 e. The van der Waals surface area contributed by atoms with Crippen LogP contribution in [0.15, 0.2) is 24.3 Å². The summed E-state index contributed by atoms with van der Waals surface area (Å²) in [6.07, 6.45) is -0.742. The Bertz CT molecular complexity index is 452. The first-order chi connectivity index (χ1) is 10.3. The molecule has 1 amide bonds. The topological polar surface area (TPSA) is 52.6 Å². The van der Waals surface area contributed by atoms with Crippen LogP contribution in [-0.4, -0.2) is 41.1 Å². The molecule has 5 heteroatoms. The molecule has 0 saturated heterocycles. The summed E-state index contributed by atoms with van der Waals surface area (Å²) in [5.74, 6) is -0.144. The number of benzene rings is 1. The van der Waals surface area contributed by atoms with Crippen LogP contribution < -0.4 is 5.32 Å². The van der Waals surface area contributed by atoms with Crippen LogP contribution in [0.25, 0.3) is 0 Å². The van der Waals surface area contributed by atoms with Gasteiger partial charge in [0.15, 0.2) is 0 Å². The van der Waals surface area contributed by atoms with Gasteiger partial charge in [0, 0.05) is 30.2 Å². The second-order valence-corrected chi connectivity index (χ2v) is 6.48. The van der Waals surface area contributed by atoms with E-state index in [2.05, 4.69) is 37.9 Å². The Hall–Kier alpha value is -1.10. The molecule has 0 saturated carbocycles. The van der Waals surface area contributed by atoms with E-state index < -0.39 is 6.10 Å². The van der Waals surface area contributed by atoms with Crippen molar-refractivity contribution in [2.24, 2.45) is 0 Å². The summed E-state index contributed by atoms with van der Waals surface area (Å²) in [6, 6.07) is 7.77. The van der Waals surface area contributed by atoms with Crippen molar-refractivity contribution in [2.45, 2.75) is 52.3 Å². The molecule has 0 heterocycles. The van der Waals surface area contributed by atoms with Crippen molar-refractivity contribution in [3.8, 4) is 0 Å². The van der Waals surface area contributed by atoms with E-state index in [1.807, 2.05) is 0 Å². The van der Waals surface area contributed by atoms with Crippen LogP contribution in [0.1, 0.15) is 45.8 Å². The number of carbonyl (C=O) groups is 1. The molecular weight excluding hydrogens is 300 g/mol. The molecule has 4 nitrogen and oxygen atoms in total. The van der Waals surface area contributed by atoms with Crippen LogP contribution in [0.2, 0.25) is 5.02 Å². The lowest BCUT2D eigenvalue weighted by Gasteiger charge is -2.30. The van der Waals surface area contributed by atoms with Gasteiger partial charge in [-0.1, -0.05) is 23.7 Å². The van der Waals surface area contributed by atoms with E-state index in [1.54, 1.807) is 24.3 Å². The Morgan fingerprint density at radius 1 is 1.18 bits per heavy atom. The molecule has 22 heavy (non-hydrogen) atoms. The Morgan fingerprint density at radius 3 is 2.23 bits per heavy atom. The molecule has 0 aliphatic carbocycles. The lowest BCUT2D eigenvalue weighted by molar-refractivity contribution is -0.123. The zero-order valence-corrected chi connectivity index (χ0v) is 14.6. The first-order valence-corrected chi connectivity index (χ1v) is 8.15. The number of hydrogen-bond donors (Lipinski definition) is 2. The summed E-state index contributed by atoms with van der Waals surface area (Å²) in [6.45, 7) is 9.97. The van der Waals surface area contributed by atoms with Crippen molar-refractivity contribution in [2.75, 3.05) is 13.1 Å². The second-order valence-electron chi connectivity index (χ2n) is 6.05. The molecule has 0 aliphatic rings. The number of aliphatic hydroxyl groups excluding tert-OH is 1. The van der Waals surface area contributed by atoms with Gasteiger partial charge in [-0.15, -0.1) is 0 Å². The third-order valence-electron chi connectivity index (χ3n) is 3.65. The largest absolute Gasteiger partial charge is 0.388 e. The molecule has 0 aliphatic heterocycles. The first-order valence-electron chi connectivity index (χ1n) is 7.77. The summed E-state index contributed by atoms with van der Waals surface area (Å²) in [5.41, 5.74) is 0.700. The van der Waals surface area contributed by atoms with E-state index in [0.717, 1.165) is 6.54 Å². The minimum Gasteiger partial charge on any atom is -0.388 e. The van der Waals surface area contributed by atoms with Crippen molar-refractivity contribution in [1.29, 1.82) is 0 Å². The Kier molecular flexibility index (Phi) is 7.87. The van der Waals surface area contributed by atoms with Gasteiger partial charge in [-0.05, 0) is 45.4 Å². The normalized spacial score (nSPS) is 13.0. The summed E-state index contributed by atoms with van der Waals surface area (Å²) < 4.78 is 0. The fraction of sp³-hybridized carbons (Fsp3) is 0.588. The molecule has 0 bridgehead atoms. The predicted molar refractivity (Wildman–Crippen MR) is 91.0 cm³/mol. The number of carbonyl (C=O) groups excluding carboxylic acids is 1. The van der Waals surface area contributed by atoms with Crippen molar-refractivity contribution in [3.63, 3.8) is 0 Å². The SMILES string of the molecule is CC(C)N(CCNC(=O)CC(O)c1ccc(Cl)cc1)C(C)C. The van der Waals surface area contributed by atoms with Gasteiger partial charge >= 0.3 is 0 Å². The van der Waals surface area contributed by atoms with Crippen LogP contribution in [0, 0.1) is 0 Å². The Labute approximate surface area is 138 Å². The van der Waals surface area contributed by atoms with Crippen LogP contribution in [0.3, 0.4) is 0 Å². The van der Waals surface area contributed by atoms with Gasteiger partial charge in [0.05, 0.1) is 12.5 Å². The van der Waals surface area contributed by atoms with Crippen molar-refractivity contribution < 1.29 is 9.90 Å². The van der Waals surface area contributed by atoms with Crippen molar-refractivity contribution in [3.05, 3.63) is 34.9 Å². The molecular formula is C17H27ClN2O2. The third-order valence-corrected chi connectivity index (χ3v) is 3.90. The van der Waals surface area contributed by atoms with Crippen LogP contribution >= 0.6 is 11.6 Å². The standard InChI is InChI=1S/C17H27ClN2O2/c1-12(2)20(13(3)4)10-9-19-17(22)11-16(21)14-5-7-15(18)8-6-14/h5-8,12-13,16,21H,9-11H2,1-4H3,(H,19,22). The molecule has 124 valence electrons. The second kappa shape index (κ2) is 9.13. The quantitative estimate of drug-likeness (QED) is 0.772. The summed E-state index contributed by atoms with van der Waals surface area (Å²) in [7, 11) is 0. The highest BCUT2D eigenvalue weighted by atomic mass is 35.5. The molecule has 0 fully saturated rings. The van der Waals surface area contributed by atoms with Gasteiger partial charge in [0.1, 0.15) is 0 Å². The van der Waals surface area contributed by atoms with E-state index in [0.29, 0.717) is 29.2 Å². The number of nitrogens with zero attached hydrogens (tertiary/aromatic N) is 1. The highest BCUT2D eigenvalue weighted by molar-refractivity contribution is 6.30. The fourth-order valence-electron chi connectivity index (χ4n) is 2.49. The zero-order valence-electron chi connectivity index (χ0n) is 13.8. The van der Waals surface area contributed by atoms with Gasteiger partial charge in [0.2, 0.25) is 5.91 Å². The number of nitrogens with one attached hydrogen (secondary N) is 1. The van der Waals surface area contributed by atoms with E-state index in [4.69, 9.17) is 11.6 Å². The Balaban J connectivity index is 2.38. The van der Waals surface area contributed by atoms with E-state index >= 15 is 0 Å². The van der Waals surface area contributed by atoms with Gasteiger partial charge in [-0.25, -0.2) is 0 Å². The summed E-state index contributed by atoms with van der Waals surface area (Å²) in [4.78, 5) is 14.2. The van der Waals surface area contributed by atoms with Crippen molar-refractivity contribution >= 4 is 17.5 Å². The van der Waals surface area contributed by atoms with Gasteiger partial charge in [0.25, 0.3) is 0 Å². The zero-order chi connectivity index (χ0) is 16.7. The molecule has 1 unspecified atom stereocenters. The number of halogens is 1. The minimum atomic E-state index is -0.802. The molecule has 1 atom stereocenters. The fourth-order valence-corrected chi connectivity index (χ4v) is 2.61. The first kappa shape index (κ1) is 18.9. The summed E-state index contributed by atoms with van der Waals surface area (Å²) >= 11 is 5.81. The number of rotatable bonds is 8. The van der Waals surface area contributed by atoms with Crippen molar-refractivity contribution in [1.82, 2.24) is 10.2 Å². The molecule has 1 rings (SSSR count). The predicted octanol–water partition coefficient (Wildman–Crippen LogP) is 3.00. The lowest BCUT2D eigenvalue weighted by atomic mass is 10.1. The van der Waals surface area contributed by atoms with E-state index in [1.165, 1.54) is 0 Å². The molecule has 0 aromatic heterocycles.